The fraction of sp³-hybridized carbons (Fsp3) is 0.0233. The van der Waals surface area contributed by atoms with Crippen molar-refractivity contribution in [1.82, 2.24) is 0 Å². The average molecular weight is 670 g/mol. The second kappa shape index (κ2) is 10.6. The van der Waals surface area contributed by atoms with Gasteiger partial charge in [0.1, 0.15) is 11.5 Å². The molecule has 3 aliphatic heterocycles. The lowest BCUT2D eigenvalue weighted by Crippen LogP contribution is -2.39. The van der Waals surface area contributed by atoms with Crippen LogP contribution in [0, 0.1) is 0 Å². The molecular weight excluding hydrogens is 642 g/mol. The van der Waals surface area contributed by atoms with E-state index in [4.69, 9.17) is 16.5 Å². The molecule has 228 valence electrons. The summed E-state index contributed by atoms with van der Waals surface area (Å²) in [6.45, 7) is 0. The van der Waals surface area contributed by atoms with Crippen molar-refractivity contribution in [2.75, 3.05) is 4.90 Å². The highest BCUT2D eigenvalue weighted by Gasteiger charge is 2.51. The highest BCUT2D eigenvalue weighted by atomic mass is 32.4. The third-order valence-electron chi connectivity index (χ3n) is 9.99. The van der Waals surface area contributed by atoms with E-state index < -0.39 is 11.5 Å². The van der Waals surface area contributed by atoms with Crippen LogP contribution in [0.15, 0.2) is 180 Å². The molecule has 3 aliphatic rings. The Bertz CT molecular complexity index is 2380. The Labute approximate surface area is 289 Å². The zero-order chi connectivity index (χ0) is 31.9. The van der Waals surface area contributed by atoms with E-state index in [1.165, 1.54) is 36.8 Å². The quantitative estimate of drug-likeness (QED) is 0.170. The van der Waals surface area contributed by atoms with Gasteiger partial charge in [-0.15, -0.1) is 0 Å². The predicted molar refractivity (Wildman–Crippen MR) is 203 cm³/mol. The number of anilines is 3. The molecule has 5 heteroatoms. The van der Waals surface area contributed by atoms with Gasteiger partial charge < -0.3 is 9.64 Å². The molecule has 7 aromatic rings. The standard InChI is InChI=1S/C43H28NOPS2/c47-46(30-14-2-1-3-15-30)39-24-12-13-25-41(39)48-42-28-29(26-27-40(42)46)44-35-20-8-4-16-31(35)43(32-17-5-9-21-36(32)44)33-18-6-10-22-37(33)45-38-23-11-7-19-34(38)43/h1-28H. The number of fused-ring (bicyclic) bond motifs is 10. The Morgan fingerprint density at radius 1 is 0.500 bits per heavy atom. The molecule has 2 nitrogen and oxygen atoms in total. The van der Waals surface area contributed by atoms with E-state index >= 15 is 0 Å². The van der Waals surface area contributed by atoms with Crippen LogP contribution in [0.1, 0.15) is 22.3 Å². The van der Waals surface area contributed by atoms with Gasteiger partial charge in [0.2, 0.25) is 0 Å². The largest absolute Gasteiger partial charge is 0.457 e. The molecule has 0 fully saturated rings. The van der Waals surface area contributed by atoms with Crippen LogP contribution in [0.3, 0.4) is 0 Å². The molecule has 1 atom stereocenters. The van der Waals surface area contributed by atoms with Crippen LogP contribution in [0.2, 0.25) is 0 Å². The summed E-state index contributed by atoms with van der Waals surface area (Å²) in [5.74, 6) is 1.79. The van der Waals surface area contributed by atoms with E-state index in [0.29, 0.717) is 0 Å². The molecule has 10 rings (SSSR count). The molecule has 1 unspecified atom stereocenters. The van der Waals surface area contributed by atoms with Gasteiger partial charge in [0.15, 0.2) is 0 Å². The van der Waals surface area contributed by atoms with Gasteiger partial charge in [-0.1, -0.05) is 145 Å². The number of ether oxygens (including phenoxy) is 1. The second-order valence-electron chi connectivity index (χ2n) is 12.4. The van der Waals surface area contributed by atoms with Gasteiger partial charge in [0, 0.05) is 43.3 Å². The van der Waals surface area contributed by atoms with E-state index in [9.17, 15) is 0 Å². The lowest BCUT2D eigenvalue weighted by atomic mass is 9.61. The van der Waals surface area contributed by atoms with Crippen molar-refractivity contribution >= 4 is 62.6 Å². The maximum atomic E-state index is 6.78. The lowest BCUT2D eigenvalue weighted by molar-refractivity contribution is 0.434. The minimum absolute atomic E-state index is 0.550. The van der Waals surface area contributed by atoms with Crippen LogP contribution >= 0.6 is 17.8 Å². The van der Waals surface area contributed by atoms with Gasteiger partial charge in [-0.25, -0.2) is 0 Å². The molecule has 0 amide bonds. The van der Waals surface area contributed by atoms with E-state index in [1.807, 2.05) is 11.8 Å². The molecule has 1 spiro atoms. The first kappa shape index (κ1) is 28.2. The number of benzene rings is 7. The normalized spacial score (nSPS) is 17.5. The van der Waals surface area contributed by atoms with Gasteiger partial charge in [-0.2, -0.15) is 0 Å². The molecule has 0 aliphatic carbocycles. The zero-order valence-electron chi connectivity index (χ0n) is 25.8. The third-order valence-corrected chi connectivity index (χ3v) is 16.4. The van der Waals surface area contributed by atoms with Crippen molar-refractivity contribution < 1.29 is 4.74 Å². The van der Waals surface area contributed by atoms with Crippen LogP contribution in [0.4, 0.5) is 17.1 Å². The first-order chi connectivity index (χ1) is 23.7. The highest BCUT2D eigenvalue weighted by molar-refractivity contribution is 8.26. The maximum Gasteiger partial charge on any atom is 0.132 e. The number of rotatable bonds is 2. The molecule has 0 bridgehead atoms. The summed E-state index contributed by atoms with van der Waals surface area (Å²) >= 11 is 8.62. The second-order valence-corrected chi connectivity index (χ2v) is 17.8. The van der Waals surface area contributed by atoms with Gasteiger partial charge in [0.25, 0.3) is 0 Å². The van der Waals surface area contributed by atoms with Crippen molar-refractivity contribution in [2.45, 2.75) is 15.2 Å². The van der Waals surface area contributed by atoms with E-state index in [2.05, 4.69) is 175 Å². The molecule has 0 aromatic heterocycles. The van der Waals surface area contributed by atoms with Crippen LogP contribution in [-0.2, 0) is 17.2 Å². The Morgan fingerprint density at radius 3 is 1.69 bits per heavy atom. The molecule has 0 saturated heterocycles. The summed E-state index contributed by atoms with van der Waals surface area (Å²) in [6.07, 6.45) is 0. The van der Waals surface area contributed by atoms with Crippen molar-refractivity contribution in [1.29, 1.82) is 0 Å². The third kappa shape index (κ3) is 3.74. The van der Waals surface area contributed by atoms with Crippen molar-refractivity contribution in [3.05, 3.63) is 192 Å². The lowest BCUT2D eigenvalue weighted by Gasteiger charge is -2.48. The van der Waals surface area contributed by atoms with Crippen molar-refractivity contribution in [3.8, 4) is 11.5 Å². The fourth-order valence-electron chi connectivity index (χ4n) is 8.05. The van der Waals surface area contributed by atoms with Crippen LogP contribution < -0.4 is 25.6 Å². The smallest absolute Gasteiger partial charge is 0.132 e. The van der Waals surface area contributed by atoms with Gasteiger partial charge in [0.05, 0.1) is 16.8 Å². The number of hydrogen-bond donors (Lipinski definition) is 0. The highest BCUT2D eigenvalue weighted by Crippen LogP contribution is 2.63. The van der Waals surface area contributed by atoms with E-state index in [0.717, 1.165) is 39.7 Å². The number of hydrogen-bond acceptors (Lipinski definition) is 4. The van der Waals surface area contributed by atoms with E-state index in [-0.39, 0.29) is 0 Å². The van der Waals surface area contributed by atoms with Crippen molar-refractivity contribution in [3.63, 3.8) is 0 Å². The zero-order valence-corrected chi connectivity index (χ0v) is 28.3. The van der Waals surface area contributed by atoms with E-state index in [1.54, 1.807) is 0 Å². The molecule has 48 heavy (non-hydrogen) atoms. The average Bonchev–Trinajstić information content (AvgIpc) is 3.15. The molecule has 0 radical (unpaired) electrons. The van der Waals surface area contributed by atoms with Crippen LogP contribution in [0.25, 0.3) is 0 Å². The Balaban J connectivity index is 1.23. The maximum absolute atomic E-state index is 6.78. The molecule has 3 heterocycles. The molecule has 7 aromatic carbocycles. The summed E-state index contributed by atoms with van der Waals surface area (Å²) in [6, 6.07) is 59.0. The Morgan fingerprint density at radius 2 is 1.02 bits per heavy atom. The molecular formula is C43H28NOPS2. The molecule has 0 N–H and O–H groups in total. The predicted octanol–water partition coefficient (Wildman–Crippen LogP) is 10.2. The topological polar surface area (TPSA) is 12.5 Å². The van der Waals surface area contributed by atoms with Gasteiger partial charge in [-0.3, -0.25) is 0 Å². The summed E-state index contributed by atoms with van der Waals surface area (Å²) in [4.78, 5) is 4.93. The first-order valence-corrected chi connectivity index (χ1v) is 19.7. The summed E-state index contributed by atoms with van der Waals surface area (Å²) in [5, 5.41) is 3.77. The van der Waals surface area contributed by atoms with Gasteiger partial charge >= 0.3 is 0 Å². The minimum Gasteiger partial charge on any atom is -0.457 e. The monoisotopic (exact) mass is 669 g/mol. The number of para-hydroxylation sites is 4. The van der Waals surface area contributed by atoms with Crippen molar-refractivity contribution in [2.24, 2.45) is 0 Å². The summed E-state index contributed by atoms with van der Waals surface area (Å²) < 4.78 is 6.57. The SMILES string of the molecule is S=P1(c2ccccc2)c2ccccc2Sc2cc(N3c4ccccc4C4(c5ccccc5Oc5ccccc54)c4ccccc43)ccc21. The van der Waals surface area contributed by atoms with Crippen LogP contribution in [-0.4, -0.2) is 0 Å². The molecule has 0 saturated carbocycles. The summed E-state index contributed by atoms with van der Waals surface area (Å²) in [7, 11) is 0. The Kier molecular flexibility index (Phi) is 6.21. The minimum atomic E-state index is -2.26. The van der Waals surface area contributed by atoms with Gasteiger partial charge in [-0.05, 0) is 65.0 Å². The summed E-state index contributed by atoms with van der Waals surface area (Å²) in [5.41, 5.74) is 7.67. The fourth-order valence-corrected chi connectivity index (χ4v) is 14.5. The Hall–Kier alpha value is -4.86. The number of nitrogens with zero attached hydrogens (tertiary/aromatic N) is 1. The van der Waals surface area contributed by atoms with Crippen LogP contribution in [0.5, 0.6) is 11.5 Å². The first-order valence-electron chi connectivity index (χ1n) is 16.1.